The quantitative estimate of drug-likeness (QED) is 0.158. The highest BCUT2D eigenvalue weighted by atomic mass is 14.2. The van der Waals surface area contributed by atoms with Gasteiger partial charge in [0.05, 0.1) is 0 Å². The highest BCUT2D eigenvalue weighted by molar-refractivity contribution is 6.27. The van der Waals surface area contributed by atoms with Crippen LogP contribution in [0.3, 0.4) is 0 Å². The molecule has 12 aromatic carbocycles. The van der Waals surface area contributed by atoms with Crippen molar-refractivity contribution in [3.8, 4) is 44.5 Å². The molecule has 0 radical (unpaired) electrons. The summed E-state index contributed by atoms with van der Waals surface area (Å²) in [6.07, 6.45) is 0. The van der Waals surface area contributed by atoms with Crippen LogP contribution in [0.1, 0.15) is 0 Å². The topological polar surface area (TPSA) is 0 Å². The van der Waals surface area contributed by atoms with Gasteiger partial charge in [-0.1, -0.05) is 194 Å². The summed E-state index contributed by atoms with van der Waals surface area (Å²) >= 11 is 0. The van der Waals surface area contributed by atoms with Gasteiger partial charge in [-0.25, -0.2) is 0 Å². The van der Waals surface area contributed by atoms with Gasteiger partial charge in [-0.05, 0) is 144 Å². The Labute approximate surface area is 336 Å². The summed E-state index contributed by atoms with van der Waals surface area (Å²) in [4.78, 5) is 0. The third-order valence-corrected chi connectivity index (χ3v) is 12.4. The third-order valence-electron chi connectivity index (χ3n) is 12.4. The van der Waals surface area contributed by atoms with E-state index in [1.165, 1.54) is 120 Å². The van der Waals surface area contributed by atoms with Crippen molar-refractivity contribution in [3.05, 3.63) is 218 Å². The van der Waals surface area contributed by atoms with Gasteiger partial charge in [-0.2, -0.15) is 0 Å². The lowest BCUT2D eigenvalue weighted by Gasteiger charge is -2.19. The lowest BCUT2D eigenvalue weighted by Crippen LogP contribution is -1.92. The van der Waals surface area contributed by atoms with Crippen LogP contribution in [-0.2, 0) is 0 Å². The molecule has 0 nitrogen and oxygen atoms in total. The van der Waals surface area contributed by atoms with Crippen molar-refractivity contribution in [1.29, 1.82) is 0 Å². The molecule has 0 aliphatic rings. The summed E-state index contributed by atoms with van der Waals surface area (Å²) in [7, 11) is 0. The van der Waals surface area contributed by atoms with E-state index in [2.05, 4.69) is 218 Å². The van der Waals surface area contributed by atoms with Gasteiger partial charge in [0.15, 0.2) is 0 Å². The molecule has 0 spiro atoms. The summed E-state index contributed by atoms with van der Waals surface area (Å²) in [6.45, 7) is 0. The maximum absolute atomic E-state index is 2.46. The largest absolute Gasteiger partial charge is 0.0616 e. The molecule has 12 aromatic rings. The lowest BCUT2D eigenvalue weighted by molar-refractivity contribution is 1.66. The molecule has 58 heavy (non-hydrogen) atoms. The molecule has 0 aliphatic carbocycles. The van der Waals surface area contributed by atoms with Crippen LogP contribution in [0.5, 0.6) is 0 Å². The fraction of sp³-hybridized carbons (Fsp3) is 0. The Bertz CT molecular complexity index is 3390. The van der Waals surface area contributed by atoms with Crippen molar-refractivity contribution in [2.75, 3.05) is 0 Å². The molecule has 12 rings (SSSR count). The summed E-state index contributed by atoms with van der Waals surface area (Å²) in [5, 5.41) is 17.7. The second-order valence-corrected chi connectivity index (χ2v) is 15.6. The standard InChI is InChI=1S/C58H36/c1-3-15-39-33-41(27-25-37(39)13-1)44-29-31-52(48-19-7-5-17-46(44)48)56-35-43-36-57(51-22-10-12-24-55(51)58(43)54-23-11-9-21-50(54)56)53-32-30-45(47-18-6-8-20-49(47)53)42-28-26-38-14-2-4-16-40(38)34-42/h1-36H. The fourth-order valence-electron chi connectivity index (χ4n) is 9.71. The minimum Gasteiger partial charge on any atom is -0.0616 e. The Morgan fingerprint density at radius 3 is 0.897 bits per heavy atom. The van der Waals surface area contributed by atoms with Gasteiger partial charge < -0.3 is 0 Å². The normalized spacial score (nSPS) is 11.8. The van der Waals surface area contributed by atoms with Gasteiger partial charge in [0.1, 0.15) is 0 Å². The monoisotopic (exact) mass is 732 g/mol. The van der Waals surface area contributed by atoms with E-state index in [-0.39, 0.29) is 0 Å². The molecule has 0 N–H and O–H groups in total. The van der Waals surface area contributed by atoms with E-state index in [0.717, 1.165) is 0 Å². The molecule has 0 aliphatic heterocycles. The molecular weight excluding hydrogens is 697 g/mol. The van der Waals surface area contributed by atoms with Crippen molar-refractivity contribution in [3.63, 3.8) is 0 Å². The highest BCUT2D eigenvalue weighted by Gasteiger charge is 2.19. The Morgan fingerprint density at radius 2 is 0.483 bits per heavy atom. The van der Waals surface area contributed by atoms with Crippen LogP contribution in [-0.4, -0.2) is 0 Å². The maximum Gasteiger partial charge on any atom is -0.00259 e. The number of benzene rings is 12. The number of hydrogen-bond donors (Lipinski definition) is 0. The van der Waals surface area contributed by atoms with Crippen molar-refractivity contribution in [1.82, 2.24) is 0 Å². The summed E-state index contributed by atoms with van der Waals surface area (Å²) in [5.41, 5.74) is 9.98. The average Bonchev–Trinajstić information content (AvgIpc) is 3.30. The average molecular weight is 733 g/mol. The van der Waals surface area contributed by atoms with Crippen LogP contribution in [0.2, 0.25) is 0 Å². The first kappa shape index (κ1) is 32.7. The van der Waals surface area contributed by atoms with Crippen LogP contribution >= 0.6 is 0 Å². The van der Waals surface area contributed by atoms with Crippen LogP contribution in [0.15, 0.2) is 218 Å². The highest BCUT2D eigenvalue weighted by Crippen LogP contribution is 2.46. The number of hydrogen-bond acceptors (Lipinski definition) is 0. The zero-order valence-corrected chi connectivity index (χ0v) is 31.8. The SMILES string of the molecule is c1ccc2cc(-c3ccc(-c4cc5cc(-c6ccc(-c7ccc8ccccc8c7)c7ccccc67)c6ccccc6c5c5ccccc45)c4ccccc34)ccc2c1. The predicted octanol–water partition coefficient (Wildman–Crippen LogP) is 16.4. The molecule has 0 amide bonds. The van der Waals surface area contributed by atoms with E-state index < -0.39 is 0 Å². The molecule has 0 unspecified atom stereocenters. The van der Waals surface area contributed by atoms with Crippen LogP contribution in [0, 0.1) is 0 Å². The minimum absolute atomic E-state index is 1.24. The molecular formula is C58H36. The first-order valence-electron chi connectivity index (χ1n) is 20.2. The summed E-state index contributed by atoms with van der Waals surface area (Å²) in [6, 6.07) is 81.0. The van der Waals surface area contributed by atoms with Crippen LogP contribution < -0.4 is 0 Å². The van der Waals surface area contributed by atoms with Crippen LogP contribution in [0.4, 0.5) is 0 Å². The van der Waals surface area contributed by atoms with Gasteiger partial charge in [0.2, 0.25) is 0 Å². The van der Waals surface area contributed by atoms with E-state index in [4.69, 9.17) is 0 Å². The summed E-state index contributed by atoms with van der Waals surface area (Å²) in [5.74, 6) is 0. The molecule has 268 valence electrons. The van der Waals surface area contributed by atoms with E-state index >= 15 is 0 Å². The molecule has 0 aromatic heterocycles. The van der Waals surface area contributed by atoms with Gasteiger partial charge in [0.25, 0.3) is 0 Å². The minimum atomic E-state index is 1.24. The molecule has 0 fully saturated rings. The lowest BCUT2D eigenvalue weighted by atomic mass is 9.84. The number of fused-ring (bicyclic) bond motifs is 9. The zero-order valence-electron chi connectivity index (χ0n) is 31.8. The third kappa shape index (κ3) is 5.09. The Morgan fingerprint density at radius 1 is 0.172 bits per heavy atom. The maximum atomic E-state index is 2.46. The Kier molecular flexibility index (Phi) is 7.33. The van der Waals surface area contributed by atoms with Crippen molar-refractivity contribution >= 4 is 75.4 Å². The van der Waals surface area contributed by atoms with Crippen molar-refractivity contribution < 1.29 is 0 Å². The molecule has 0 saturated heterocycles. The van der Waals surface area contributed by atoms with Gasteiger partial charge >= 0.3 is 0 Å². The molecule has 0 saturated carbocycles. The van der Waals surface area contributed by atoms with Crippen molar-refractivity contribution in [2.45, 2.75) is 0 Å². The van der Waals surface area contributed by atoms with E-state index in [0.29, 0.717) is 0 Å². The fourth-order valence-corrected chi connectivity index (χ4v) is 9.71. The smallest absolute Gasteiger partial charge is 0.00259 e. The summed E-state index contributed by atoms with van der Waals surface area (Å²) < 4.78 is 0. The first-order chi connectivity index (χ1) is 28.8. The van der Waals surface area contributed by atoms with E-state index in [1.807, 2.05) is 0 Å². The van der Waals surface area contributed by atoms with Gasteiger partial charge in [0, 0.05) is 0 Å². The second-order valence-electron chi connectivity index (χ2n) is 15.6. The van der Waals surface area contributed by atoms with Gasteiger partial charge in [-0.3, -0.25) is 0 Å². The molecule has 0 bridgehead atoms. The predicted molar refractivity (Wildman–Crippen MR) is 251 cm³/mol. The molecule has 0 atom stereocenters. The molecule has 0 heteroatoms. The number of rotatable bonds is 4. The second kappa shape index (κ2) is 13.0. The first-order valence-corrected chi connectivity index (χ1v) is 20.2. The van der Waals surface area contributed by atoms with Crippen LogP contribution in [0.25, 0.3) is 120 Å². The van der Waals surface area contributed by atoms with Gasteiger partial charge in [-0.15, -0.1) is 0 Å². The van der Waals surface area contributed by atoms with Crippen molar-refractivity contribution in [2.24, 2.45) is 0 Å². The van der Waals surface area contributed by atoms with E-state index in [9.17, 15) is 0 Å². The Hall–Kier alpha value is -7.54. The molecule has 0 heterocycles. The zero-order chi connectivity index (χ0) is 38.2. The Balaban J connectivity index is 1.10. The van der Waals surface area contributed by atoms with E-state index in [1.54, 1.807) is 0 Å².